The van der Waals surface area contributed by atoms with Crippen molar-refractivity contribution in [3.05, 3.63) is 63.4 Å². The van der Waals surface area contributed by atoms with Gasteiger partial charge in [0.1, 0.15) is 0 Å². The number of Topliss-reactive ketones (excluding diaryl/α,β-unsaturated/α-hetero) is 1. The Bertz CT molecular complexity index is 758. The van der Waals surface area contributed by atoms with Crippen LogP contribution in [0.25, 0.3) is 0 Å². The van der Waals surface area contributed by atoms with Gasteiger partial charge < -0.3 is 4.74 Å². The van der Waals surface area contributed by atoms with E-state index in [1.165, 1.54) is 23.7 Å². The fourth-order valence-electron chi connectivity index (χ4n) is 2.73. The van der Waals surface area contributed by atoms with E-state index < -0.39 is 5.97 Å². The maximum absolute atomic E-state index is 12.2. The van der Waals surface area contributed by atoms with E-state index in [4.69, 9.17) is 4.74 Å². The van der Waals surface area contributed by atoms with Crippen molar-refractivity contribution in [1.29, 1.82) is 0 Å². The number of esters is 1. The summed E-state index contributed by atoms with van der Waals surface area (Å²) in [7, 11) is 0. The highest BCUT2D eigenvalue weighted by molar-refractivity contribution is 9.10. The van der Waals surface area contributed by atoms with Crippen LogP contribution in [-0.4, -0.2) is 23.3 Å². The van der Waals surface area contributed by atoms with Crippen LogP contribution in [0.3, 0.4) is 0 Å². The van der Waals surface area contributed by atoms with Crippen LogP contribution >= 0.6 is 15.9 Å². The molecule has 5 heteroatoms. The average Bonchev–Trinajstić information content (AvgIpc) is 2.59. The molecule has 1 aliphatic rings. The minimum absolute atomic E-state index is 0.185. The SMILES string of the molecule is O=C(COC(=O)c1cncc(Br)c1)c1ccc2c(c1)CCCC2. The first-order valence-corrected chi connectivity index (χ1v) is 8.35. The highest BCUT2D eigenvalue weighted by Gasteiger charge is 2.15. The normalized spacial score (nSPS) is 13.3. The van der Waals surface area contributed by atoms with Crippen LogP contribution in [0, 0.1) is 0 Å². The number of aryl methyl sites for hydroxylation is 2. The number of ether oxygens (including phenoxy) is 1. The Hall–Kier alpha value is -2.01. The summed E-state index contributed by atoms with van der Waals surface area (Å²) in [5.41, 5.74) is 3.48. The Balaban J connectivity index is 1.64. The molecular weight excluding hydrogens is 358 g/mol. The van der Waals surface area contributed by atoms with E-state index in [0.717, 1.165) is 19.3 Å². The second-order valence-corrected chi connectivity index (χ2v) is 6.50. The first-order valence-electron chi connectivity index (χ1n) is 7.56. The maximum Gasteiger partial charge on any atom is 0.340 e. The third-order valence-electron chi connectivity index (χ3n) is 3.95. The third kappa shape index (κ3) is 3.85. The Morgan fingerprint density at radius 1 is 1.04 bits per heavy atom. The van der Waals surface area contributed by atoms with Crippen LogP contribution in [0.5, 0.6) is 0 Å². The predicted molar refractivity (Wildman–Crippen MR) is 89.6 cm³/mol. The first kappa shape index (κ1) is 15.9. The number of nitrogens with zero attached hydrogens (tertiary/aromatic N) is 1. The molecule has 2 aromatic rings. The molecule has 0 bridgehead atoms. The highest BCUT2D eigenvalue weighted by atomic mass is 79.9. The number of benzene rings is 1. The standard InChI is InChI=1S/C18H16BrNO3/c19-16-8-15(9-20-10-16)18(22)23-11-17(21)14-6-5-12-3-1-2-4-13(12)7-14/h5-10H,1-4,11H2. The zero-order chi connectivity index (χ0) is 16.2. The lowest BCUT2D eigenvalue weighted by atomic mass is 9.90. The summed E-state index contributed by atoms with van der Waals surface area (Å²) >= 11 is 3.24. The van der Waals surface area contributed by atoms with E-state index in [-0.39, 0.29) is 12.4 Å². The number of rotatable bonds is 4. The molecule has 1 heterocycles. The molecule has 1 aliphatic carbocycles. The number of halogens is 1. The molecule has 0 spiro atoms. The number of fused-ring (bicyclic) bond motifs is 1. The van der Waals surface area contributed by atoms with Gasteiger partial charge >= 0.3 is 5.97 Å². The lowest BCUT2D eigenvalue weighted by Gasteiger charge is -2.16. The van der Waals surface area contributed by atoms with E-state index in [2.05, 4.69) is 20.9 Å². The Labute approximate surface area is 143 Å². The number of hydrogen-bond donors (Lipinski definition) is 0. The quantitative estimate of drug-likeness (QED) is 0.604. The van der Waals surface area contributed by atoms with Gasteiger partial charge in [-0.3, -0.25) is 9.78 Å². The minimum atomic E-state index is -0.551. The number of carbonyl (C=O) groups excluding carboxylic acids is 2. The molecule has 0 fully saturated rings. The molecule has 1 aromatic heterocycles. The molecule has 0 atom stereocenters. The van der Waals surface area contributed by atoms with Crippen molar-refractivity contribution in [2.75, 3.05) is 6.61 Å². The van der Waals surface area contributed by atoms with Crippen LogP contribution in [0.1, 0.15) is 44.7 Å². The van der Waals surface area contributed by atoms with Gasteiger partial charge in [-0.25, -0.2) is 4.79 Å². The molecule has 0 aliphatic heterocycles. The second kappa shape index (κ2) is 7.04. The van der Waals surface area contributed by atoms with Crippen molar-refractivity contribution in [1.82, 2.24) is 4.98 Å². The fraction of sp³-hybridized carbons (Fsp3) is 0.278. The summed E-state index contributed by atoms with van der Waals surface area (Å²) in [5.74, 6) is -0.736. The van der Waals surface area contributed by atoms with Crippen molar-refractivity contribution in [2.24, 2.45) is 0 Å². The highest BCUT2D eigenvalue weighted by Crippen LogP contribution is 2.22. The fourth-order valence-corrected chi connectivity index (χ4v) is 3.09. The van der Waals surface area contributed by atoms with E-state index in [0.29, 0.717) is 15.6 Å². The summed E-state index contributed by atoms with van der Waals surface area (Å²) in [4.78, 5) is 28.1. The van der Waals surface area contributed by atoms with Crippen LogP contribution in [-0.2, 0) is 17.6 Å². The lowest BCUT2D eigenvalue weighted by Crippen LogP contribution is -2.15. The van der Waals surface area contributed by atoms with Gasteiger partial charge in [-0.05, 0) is 64.9 Å². The number of carbonyl (C=O) groups is 2. The van der Waals surface area contributed by atoms with Gasteiger partial charge in [0, 0.05) is 22.4 Å². The summed E-state index contributed by atoms with van der Waals surface area (Å²) in [6.45, 7) is -0.260. The molecule has 0 amide bonds. The average molecular weight is 374 g/mol. The van der Waals surface area contributed by atoms with E-state index in [1.807, 2.05) is 18.2 Å². The monoisotopic (exact) mass is 373 g/mol. The second-order valence-electron chi connectivity index (χ2n) is 5.58. The zero-order valence-electron chi connectivity index (χ0n) is 12.5. The van der Waals surface area contributed by atoms with Crippen molar-refractivity contribution in [3.8, 4) is 0 Å². The molecule has 0 saturated carbocycles. The molecular formula is C18H16BrNO3. The third-order valence-corrected chi connectivity index (χ3v) is 4.38. The molecule has 0 N–H and O–H groups in total. The Kier molecular flexibility index (Phi) is 4.86. The first-order chi connectivity index (χ1) is 11.1. The summed E-state index contributed by atoms with van der Waals surface area (Å²) < 4.78 is 5.78. The van der Waals surface area contributed by atoms with Gasteiger partial charge in [-0.15, -0.1) is 0 Å². The largest absolute Gasteiger partial charge is 0.454 e. The molecule has 4 nitrogen and oxygen atoms in total. The maximum atomic E-state index is 12.2. The summed E-state index contributed by atoms with van der Waals surface area (Å²) in [6.07, 6.45) is 7.45. The number of ketones is 1. The van der Waals surface area contributed by atoms with Crippen LogP contribution in [0.4, 0.5) is 0 Å². The lowest BCUT2D eigenvalue weighted by molar-refractivity contribution is 0.0474. The van der Waals surface area contributed by atoms with Crippen LogP contribution in [0.2, 0.25) is 0 Å². The Morgan fingerprint density at radius 3 is 2.61 bits per heavy atom. The van der Waals surface area contributed by atoms with Gasteiger partial charge in [0.15, 0.2) is 12.4 Å². The van der Waals surface area contributed by atoms with Gasteiger partial charge in [0.2, 0.25) is 0 Å². The molecule has 0 radical (unpaired) electrons. The number of pyridine rings is 1. The molecule has 118 valence electrons. The molecule has 23 heavy (non-hydrogen) atoms. The molecule has 0 unspecified atom stereocenters. The van der Waals surface area contributed by atoms with Crippen LogP contribution < -0.4 is 0 Å². The number of hydrogen-bond acceptors (Lipinski definition) is 4. The van der Waals surface area contributed by atoms with Crippen molar-refractivity contribution in [2.45, 2.75) is 25.7 Å². The molecule has 1 aromatic carbocycles. The van der Waals surface area contributed by atoms with Crippen molar-refractivity contribution in [3.63, 3.8) is 0 Å². The zero-order valence-corrected chi connectivity index (χ0v) is 14.1. The van der Waals surface area contributed by atoms with Gasteiger partial charge in [0.25, 0.3) is 0 Å². The summed E-state index contributed by atoms with van der Waals surface area (Å²) in [6, 6.07) is 7.38. The summed E-state index contributed by atoms with van der Waals surface area (Å²) in [5, 5.41) is 0. The topological polar surface area (TPSA) is 56.3 Å². The van der Waals surface area contributed by atoms with Gasteiger partial charge in [0.05, 0.1) is 5.56 Å². The van der Waals surface area contributed by atoms with Gasteiger partial charge in [-0.1, -0.05) is 12.1 Å². The molecule has 3 rings (SSSR count). The van der Waals surface area contributed by atoms with Crippen molar-refractivity contribution >= 4 is 27.7 Å². The smallest absolute Gasteiger partial charge is 0.340 e. The Morgan fingerprint density at radius 2 is 1.83 bits per heavy atom. The van der Waals surface area contributed by atoms with Gasteiger partial charge in [-0.2, -0.15) is 0 Å². The van der Waals surface area contributed by atoms with Crippen LogP contribution in [0.15, 0.2) is 41.1 Å². The number of aromatic nitrogens is 1. The van der Waals surface area contributed by atoms with E-state index in [1.54, 1.807) is 12.3 Å². The molecule has 0 saturated heterocycles. The van der Waals surface area contributed by atoms with E-state index >= 15 is 0 Å². The van der Waals surface area contributed by atoms with Crippen molar-refractivity contribution < 1.29 is 14.3 Å². The van der Waals surface area contributed by atoms with E-state index in [9.17, 15) is 9.59 Å². The minimum Gasteiger partial charge on any atom is -0.454 e. The predicted octanol–water partition coefficient (Wildman–Crippen LogP) is 3.76.